The van der Waals surface area contributed by atoms with E-state index in [9.17, 15) is 0 Å². The fraction of sp³-hybridized carbons (Fsp3) is 0.400. The number of nitrogens with one attached hydrogen (secondary N) is 1. The molecule has 4 heteroatoms. The maximum atomic E-state index is 8.77. The number of benzene rings is 1. The zero-order valence-corrected chi connectivity index (χ0v) is 7.94. The SMILES string of the molecule is ONc1cccc(N2CCOCC2)c1. The van der Waals surface area contributed by atoms with Crippen molar-refractivity contribution in [2.45, 2.75) is 0 Å². The van der Waals surface area contributed by atoms with Crippen molar-refractivity contribution in [3.05, 3.63) is 24.3 Å². The predicted octanol–water partition coefficient (Wildman–Crippen LogP) is 1.32. The molecule has 0 aromatic heterocycles. The van der Waals surface area contributed by atoms with Gasteiger partial charge in [-0.1, -0.05) is 6.07 Å². The van der Waals surface area contributed by atoms with Crippen LogP contribution in [0.5, 0.6) is 0 Å². The lowest BCUT2D eigenvalue weighted by Crippen LogP contribution is -2.36. The van der Waals surface area contributed by atoms with Crippen LogP contribution in [0.1, 0.15) is 0 Å². The van der Waals surface area contributed by atoms with Crippen LogP contribution in [0.2, 0.25) is 0 Å². The molecule has 76 valence electrons. The van der Waals surface area contributed by atoms with Crippen LogP contribution < -0.4 is 10.4 Å². The predicted molar refractivity (Wildman–Crippen MR) is 54.9 cm³/mol. The van der Waals surface area contributed by atoms with E-state index >= 15 is 0 Å². The molecule has 0 bridgehead atoms. The van der Waals surface area contributed by atoms with Gasteiger partial charge in [-0.15, -0.1) is 0 Å². The maximum absolute atomic E-state index is 8.77. The Labute approximate surface area is 83.1 Å². The topological polar surface area (TPSA) is 44.7 Å². The van der Waals surface area contributed by atoms with Gasteiger partial charge in [-0.3, -0.25) is 10.7 Å². The molecule has 1 heterocycles. The van der Waals surface area contributed by atoms with Gasteiger partial charge in [0, 0.05) is 18.8 Å². The third-order valence-electron chi connectivity index (χ3n) is 2.35. The van der Waals surface area contributed by atoms with Crippen LogP contribution in [-0.2, 0) is 4.74 Å². The second-order valence-corrected chi connectivity index (χ2v) is 3.26. The lowest BCUT2D eigenvalue weighted by Gasteiger charge is -2.29. The second kappa shape index (κ2) is 4.30. The van der Waals surface area contributed by atoms with Crippen molar-refractivity contribution in [3.63, 3.8) is 0 Å². The fourth-order valence-electron chi connectivity index (χ4n) is 1.59. The molecule has 0 spiro atoms. The Bertz CT molecular complexity index is 298. The minimum absolute atomic E-state index is 0.717. The highest BCUT2D eigenvalue weighted by atomic mass is 16.5. The molecule has 0 unspecified atom stereocenters. The van der Waals surface area contributed by atoms with E-state index in [0.29, 0.717) is 5.69 Å². The van der Waals surface area contributed by atoms with Crippen LogP contribution >= 0.6 is 0 Å². The molecular weight excluding hydrogens is 180 g/mol. The average Bonchev–Trinajstić information content (AvgIpc) is 2.30. The van der Waals surface area contributed by atoms with Gasteiger partial charge in [0.25, 0.3) is 0 Å². The summed E-state index contributed by atoms with van der Waals surface area (Å²) in [5, 5.41) is 8.77. The van der Waals surface area contributed by atoms with Crippen molar-refractivity contribution in [1.82, 2.24) is 0 Å². The number of morpholine rings is 1. The minimum atomic E-state index is 0.717. The Balaban J connectivity index is 2.13. The first-order valence-corrected chi connectivity index (χ1v) is 4.73. The molecule has 0 saturated carbocycles. The van der Waals surface area contributed by atoms with E-state index in [0.717, 1.165) is 32.0 Å². The van der Waals surface area contributed by atoms with Crippen LogP contribution in [-0.4, -0.2) is 31.5 Å². The summed E-state index contributed by atoms with van der Waals surface area (Å²) < 4.78 is 5.27. The summed E-state index contributed by atoms with van der Waals surface area (Å²) in [6.07, 6.45) is 0. The summed E-state index contributed by atoms with van der Waals surface area (Å²) >= 11 is 0. The summed E-state index contributed by atoms with van der Waals surface area (Å²) in [5.41, 5.74) is 3.98. The van der Waals surface area contributed by atoms with E-state index in [4.69, 9.17) is 9.94 Å². The number of hydrogen-bond acceptors (Lipinski definition) is 4. The van der Waals surface area contributed by atoms with Crippen molar-refractivity contribution >= 4 is 11.4 Å². The van der Waals surface area contributed by atoms with Crippen LogP contribution in [0.3, 0.4) is 0 Å². The smallest absolute Gasteiger partial charge is 0.0642 e. The Morgan fingerprint density at radius 2 is 2.07 bits per heavy atom. The van der Waals surface area contributed by atoms with Crippen LogP contribution in [0.15, 0.2) is 24.3 Å². The number of ether oxygens (including phenoxy) is 1. The first-order chi connectivity index (χ1) is 6.90. The Kier molecular flexibility index (Phi) is 2.86. The van der Waals surface area contributed by atoms with Gasteiger partial charge in [0.15, 0.2) is 0 Å². The number of rotatable bonds is 2. The van der Waals surface area contributed by atoms with E-state index in [1.807, 2.05) is 24.3 Å². The van der Waals surface area contributed by atoms with Crippen LogP contribution in [0.25, 0.3) is 0 Å². The summed E-state index contributed by atoms with van der Waals surface area (Å²) in [5.74, 6) is 0. The zero-order valence-electron chi connectivity index (χ0n) is 7.94. The van der Waals surface area contributed by atoms with Crippen molar-refractivity contribution in [2.75, 3.05) is 36.7 Å². The molecule has 1 aromatic carbocycles. The standard InChI is InChI=1S/C10H14N2O2/c13-11-9-2-1-3-10(8-9)12-4-6-14-7-5-12/h1-3,8,11,13H,4-7H2. The van der Waals surface area contributed by atoms with Gasteiger partial charge in [-0.05, 0) is 18.2 Å². The third kappa shape index (κ3) is 1.97. The zero-order chi connectivity index (χ0) is 9.80. The van der Waals surface area contributed by atoms with Gasteiger partial charge < -0.3 is 9.64 Å². The van der Waals surface area contributed by atoms with Gasteiger partial charge in [-0.25, -0.2) is 0 Å². The molecule has 1 saturated heterocycles. The highest BCUT2D eigenvalue weighted by molar-refractivity contribution is 5.57. The average molecular weight is 194 g/mol. The fourth-order valence-corrected chi connectivity index (χ4v) is 1.59. The largest absolute Gasteiger partial charge is 0.378 e. The van der Waals surface area contributed by atoms with Gasteiger partial charge >= 0.3 is 0 Å². The van der Waals surface area contributed by atoms with Crippen LogP contribution in [0, 0.1) is 0 Å². The molecular formula is C10H14N2O2. The molecule has 4 nitrogen and oxygen atoms in total. The van der Waals surface area contributed by atoms with Crippen molar-refractivity contribution < 1.29 is 9.94 Å². The van der Waals surface area contributed by atoms with Gasteiger partial charge in [0.1, 0.15) is 0 Å². The molecule has 0 aliphatic carbocycles. The highest BCUT2D eigenvalue weighted by Gasteiger charge is 2.10. The maximum Gasteiger partial charge on any atom is 0.0642 e. The molecule has 0 amide bonds. The second-order valence-electron chi connectivity index (χ2n) is 3.26. The van der Waals surface area contributed by atoms with E-state index in [2.05, 4.69) is 10.4 Å². The van der Waals surface area contributed by atoms with Gasteiger partial charge in [-0.2, -0.15) is 0 Å². The molecule has 1 aromatic rings. The lowest BCUT2D eigenvalue weighted by atomic mass is 10.2. The lowest BCUT2D eigenvalue weighted by molar-refractivity contribution is 0.122. The molecule has 2 rings (SSSR count). The first-order valence-electron chi connectivity index (χ1n) is 4.73. The monoisotopic (exact) mass is 194 g/mol. The Morgan fingerprint density at radius 1 is 1.29 bits per heavy atom. The highest BCUT2D eigenvalue weighted by Crippen LogP contribution is 2.19. The molecule has 0 atom stereocenters. The summed E-state index contributed by atoms with van der Waals surface area (Å²) in [6, 6.07) is 7.70. The first kappa shape index (κ1) is 9.30. The summed E-state index contributed by atoms with van der Waals surface area (Å²) in [6.45, 7) is 3.37. The number of hydrogen-bond donors (Lipinski definition) is 2. The Hall–Kier alpha value is -1.26. The summed E-state index contributed by atoms with van der Waals surface area (Å²) in [4.78, 5) is 2.24. The molecule has 1 fully saturated rings. The van der Waals surface area contributed by atoms with Gasteiger partial charge in [0.2, 0.25) is 0 Å². The Morgan fingerprint density at radius 3 is 2.79 bits per heavy atom. The molecule has 2 N–H and O–H groups in total. The normalized spacial score (nSPS) is 16.8. The van der Waals surface area contributed by atoms with Gasteiger partial charge in [0.05, 0.1) is 18.9 Å². The van der Waals surface area contributed by atoms with Crippen LogP contribution in [0.4, 0.5) is 11.4 Å². The van der Waals surface area contributed by atoms with E-state index in [1.165, 1.54) is 0 Å². The molecule has 14 heavy (non-hydrogen) atoms. The van der Waals surface area contributed by atoms with E-state index in [1.54, 1.807) is 0 Å². The number of anilines is 2. The van der Waals surface area contributed by atoms with Crippen molar-refractivity contribution in [2.24, 2.45) is 0 Å². The van der Waals surface area contributed by atoms with E-state index < -0.39 is 0 Å². The quantitative estimate of drug-likeness (QED) is 0.697. The summed E-state index contributed by atoms with van der Waals surface area (Å²) in [7, 11) is 0. The molecule has 0 radical (unpaired) electrons. The van der Waals surface area contributed by atoms with E-state index in [-0.39, 0.29) is 0 Å². The van der Waals surface area contributed by atoms with Crippen molar-refractivity contribution in [3.8, 4) is 0 Å². The molecule has 1 aliphatic rings. The minimum Gasteiger partial charge on any atom is -0.378 e. The third-order valence-corrected chi connectivity index (χ3v) is 2.35. The molecule has 1 aliphatic heterocycles. The van der Waals surface area contributed by atoms with Crippen molar-refractivity contribution in [1.29, 1.82) is 0 Å². The number of nitrogens with zero attached hydrogens (tertiary/aromatic N) is 1.